The van der Waals surface area contributed by atoms with Crippen molar-refractivity contribution in [3.05, 3.63) is 62.4 Å². The highest BCUT2D eigenvalue weighted by Crippen LogP contribution is 2.24. The highest BCUT2D eigenvalue weighted by molar-refractivity contribution is 9.10. The fourth-order valence-electron chi connectivity index (χ4n) is 1.64. The quantitative estimate of drug-likeness (QED) is 0.495. The second-order valence-corrected chi connectivity index (χ2v) is 4.57. The van der Waals surface area contributed by atoms with Crippen molar-refractivity contribution in [1.29, 1.82) is 0 Å². The van der Waals surface area contributed by atoms with Gasteiger partial charge in [-0.3, -0.25) is 14.9 Å². The van der Waals surface area contributed by atoms with E-state index in [-0.39, 0.29) is 5.69 Å². The number of rotatable bonds is 4. The number of aromatic nitrogens is 1. The number of nitrogens with zero attached hydrogens (tertiary/aromatic N) is 2. The van der Waals surface area contributed by atoms with Crippen molar-refractivity contribution in [3.8, 4) is 0 Å². The lowest BCUT2D eigenvalue weighted by atomic mass is 10.2. The smallest absolute Gasteiger partial charge is 0.270 e. The average Bonchev–Trinajstić information content (AvgIpc) is 2.78. The van der Waals surface area contributed by atoms with E-state index in [0.29, 0.717) is 16.7 Å². The van der Waals surface area contributed by atoms with Gasteiger partial charge in [0.1, 0.15) is 0 Å². The summed E-state index contributed by atoms with van der Waals surface area (Å²) in [5, 5.41) is 10.6. The van der Waals surface area contributed by atoms with E-state index in [9.17, 15) is 14.9 Å². The molecule has 0 bridgehead atoms. The van der Waals surface area contributed by atoms with Crippen LogP contribution >= 0.6 is 15.9 Å². The molecule has 0 aliphatic rings. The summed E-state index contributed by atoms with van der Waals surface area (Å²) in [6.45, 7) is 0.486. The van der Waals surface area contributed by atoms with Gasteiger partial charge in [0.05, 0.1) is 10.6 Å². The largest absolute Gasteiger partial charge is 0.341 e. The molecule has 0 amide bonds. The van der Waals surface area contributed by atoms with Gasteiger partial charge in [-0.1, -0.05) is 15.9 Å². The third-order valence-corrected chi connectivity index (χ3v) is 3.31. The number of carbonyl (C=O) groups excluding carboxylic acids is 1. The Bertz CT molecular complexity index is 607. The minimum atomic E-state index is -0.443. The van der Waals surface area contributed by atoms with Gasteiger partial charge in [0.15, 0.2) is 6.29 Å². The van der Waals surface area contributed by atoms with E-state index in [1.807, 2.05) is 0 Å². The SMILES string of the molecule is O=Cc1cccn1Cc1ccc([N+](=O)[O-])cc1Br. The predicted molar refractivity (Wildman–Crippen MR) is 69.7 cm³/mol. The third-order valence-electron chi connectivity index (χ3n) is 2.57. The van der Waals surface area contributed by atoms with Crippen molar-refractivity contribution in [2.75, 3.05) is 0 Å². The zero-order valence-electron chi connectivity index (χ0n) is 9.25. The molecule has 1 heterocycles. The second-order valence-electron chi connectivity index (χ2n) is 3.71. The summed E-state index contributed by atoms with van der Waals surface area (Å²) in [5.74, 6) is 0. The van der Waals surface area contributed by atoms with E-state index in [1.54, 1.807) is 29.0 Å². The first-order valence-electron chi connectivity index (χ1n) is 5.15. The van der Waals surface area contributed by atoms with Crippen molar-refractivity contribution < 1.29 is 9.72 Å². The highest BCUT2D eigenvalue weighted by atomic mass is 79.9. The molecular formula is C12H9BrN2O3. The Kier molecular flexibility index (Phi) is 3.57. The van der Waals surface area contributed by atoms with E-state index in [1.165, 1.54) is 12.1 Å². The Labute approximate surface area is 111 Å². The van der Waals surface area contributed by atoms with Gasteiger partial charge >= 0.3 is 0 Å². The van der Waals surface area contributed by atoms with Crippen LogP contribution in [0.3, 0.4) is 0 Å². The predicted octanol–water partition coefficient (Wildman–Crippen LogP) is 3.02. The molecule has 18 heavy (non-hydrogen) atoms. The molecule has 92 valence electrons. The molecule has 6 heteroatoms. The van der Waals surface area contributed by atoms with Crippen LogP contribution in [0.15, 0.2) is 41.0 Å². The Morgan fingerprint density at radius 2 is 2.17 bits per heavy atom. The van der Waals surface area contributed by atoms with Gasteiger partial charge in [-0.15, -0.1) is 0 Å². The van der Waals surface area contributed by atoms with Gasteiger partial charge in [0.25, 0.3) is 5.69 Å². The Morgan fingerprint density at radius 3 is 2.78 bits per heavy atom. The Hall–Kier alpha value is -1.95. The van der Waals surface area contributed by atoms with Gasteiger partial charge < -0.3 is 4.57 Å². The molecule has 0 atom stereocenters. The van der Waals surface area contributed by atoms with Crippen LogP contribution in [0, 0.1) is 10.1 Å². The summed E-state index contributed by atoms with van der Waals surface area (Å²) in [6.07, 6.45) is 2.57. The maximum atomic E-state index is 10.8. The molecule has 1 aromatic heterocycles. The zero-order chi connectivity index (χ0) is 13.1. The van der Waals surface area contributed by atoms with Crippen LogP contribution < -0.4 is 0 Å². The summed E-state index contributed by atoms with van der Waals surface area (Å²) in [7, 11) is 0. The zero-order valence-corrected chi connectivity index (χ0v) is 10.8. The molecular weight excluding hydrogens is 300 g/mol. The maximum Gasteiger partial charge on any atom is 0.270 e. The molecule has 0 saturated carbocycles. The van der Waals surface area contributed by atoms with Crippen LogP contribution in [0.2, 0.25) is 0 Å². The van der Waals surface area contributed by atoms with Crippen LogP contribution in [-0.4, -0.2) is 15.8 Å². The number of aldehydes is 1. The lowest BCUT2D eigenvalue weighted by Crippen LogP contribution is -2.03. The lowest BCUT2D eigenvalue weighted by Gasteiger charge is -2.07. The van der Waals surface area contributed by atoms with Crippen LogP contribution in [0.1, 0.15) is 16.1 Å². The summed E-state index contributed by atoms with van der Waals surface area (Å²) in [6, 6.07) is 8.08. The van der Waals surface area contributed by atoms with Crippen molar-refractivity contribution in [2.24, 2.45) is 0 Å². The number of carbonyl (C=O) groups is 1. The average molecular weight is 309 g/mol. The van der Waals surface area contributed by atoms with E-state index >= 15 is 0 Å². The fraction of sp³-hybridized carbons (Fsp3) is 0.0833. The molecule has 0 aliphatic heterocycles. The number of benzene rings is 1. The first-order chi connectivity index (χ1) is 8.61. The number of hydrogen-bond donors (Lipinski definition) is 0. The topological polar surface area (TPSA) is 65.1 Å². The van der Waals surface area contributed by atoms with Crippen molar-refractivity contribution >= 4 is 27.9 Å². The minimum absolute atomic E-state index is 0.0359. The first-order valence-corrected chi connectivity index (χ1v) is 5.94. The molecule has 0 saturated heterocycles. The molecule has 0 spiro atoms. The normalized spacial score (nSPS) is 10.3. The molecule has 1 aromatic carbocycles. The number of nitro benzene ring substituents is 1. The summed E-state index contributed by atoms with van der Waals surface area (Å²) in [4.78, 5) is 21.0. The van der Waals surface area contributed by atoms with Crippen molar-refractivity contribution in [3.63, 3.8) is 0 Å². The number of hydrogen-bond acceptors (Lipinski definition) is 3. The van der Waals surface area contributed by atoms with Gasteiger partial charge in [-0.05, 0) is 23.8 Å². The first kappa shape index (κ1) is 12.5. The van der Waals surface area contributed by atoms with E-state index < -0.39 is 4.92 Å². The lowest BCUT2D eigenvalue weighted by molar-refractivity contribution is -0.384. The van der Waals surface area contributed by atoms with Gasteiger partial charge in [-0.25, -0.2) is 0 Å². The van der Waals surface area contributed by atoms with Crippen LogP contribution in [0.5, 0.6) is 0 Å². The second kappa shape index (κ2) is 5.14. The highest BCUT2D eigenvalue weighted by Gasteiger charge is 2.10. The molecule has 0 unspecified atom stereocenters. The van der Waals surface area contributed by atoms with Gasteiger partial charge in [0.2, 0.25) is 0 Å². The number of halogens is 1. The van der Waals surface area contributed by atoms with Gasteiger partial charge in [-0.2, -0.15) is 0 Å². The standard InChI is InChI=1S/C12H9BrN2O3/c13-12-6-10(15(17)18)4-3-9(12)7-14-5-1-2-11(14)8-16/h1-6,8H,7H2. The van der Waals surface area contributed by atoms with E-state index in [2.05, 4.69) is 15.9 Å². The Morgan fingerprint density at radius 1 is 1.39 bits per heavy atom. The molecule has 2 aromatic rings. The molecule has 0 radical (unpaired) electrons. The number of non-ortho nitro benzene ring substituents is 1. The van der Waals surface area contributed by atoms with Crippen LogP contribution in [0.25, 0.3) is 0 Å². The summed E-state index contributed by atoms with van der Waals surface area (Å²) < 4.78 is 2.43. The maximum absolute atomic E-state index is 10.8. The van der Waals surface area contributed by atoms with Crippen LogP contribution in [-0.2, 0) is 6.54 Å². The molecule has 2 rings (SSSR count). The molecule has 0 N–H and O–H groups in total. The van der Waals surface area contributed by atoms with E-state index in [0.717, 1.165) is 11.8 Å². The molecule has 0 fully saturated rings. The minimum Gasteiger partial charge on any atom is -0.341 e. The monoisotopic (exact) mass is 308 g/mol. The number of nitro groups is 1. The fourth-order valence-corrected chi connectivity index (χ4v) is 2.13. The molecule has 5 nitrogen and oxygen atoms in total. The summed E-state index contributed by atoms with van der Waals surface area (Å²) >= 11 is 3.30. The van der Waals surface area contributed by atoms with E-state index in [4.69, 9.17) is 0 Å². The van der Waals surface area contributed by atoms with Crippen molar-refractivity contribution in [2.45, 2.75) is 6.54 Å². The third kappa shape index (κ3) is 2.48. The summed E-state index contributed by atoms with van der Waals surface area (Å²) in [5.41, 5.74) is 1.48. The molecule has 0 aliphatic carbocycles. The van der Waals surface area contributed by atoms with Gasteiger partial charge in [0, 0.05) is 29.3 Å². The van der Waals surface area contributed by atoms with Crippen LogP contribution in [0.4, 0.5) is 5.69 Å². The Balaban J connectivity index is 2.30. The van der Waals surface area contributed by atoms with Crippen molar-refractivity contribution in [1.82, 2.24) is 4.57 Å².